The lowest BCUT2D eigenvalue weighted by molar-refractivity contribution is 0.0697. The molecule has 6 heteroatoms. The highest BCUT2D eigenvalue weighted by molar-refractivity contribution is 5.87. The highest BCUT2D eigenvalue weighted by Gasteiger charge is 2.00. The maximum Gasteiger partial charge on any atom is 0.335 e. The summed E-state index contributed by atoms with van der Waals surface area (Å²) < 4.78 is 0. The van der Waals surface area contributed by atoms with E-state index in [1.165, 1.54) is 0 Å². The van der Waals surface area contributed by atoms with Gasteiger partial charge in [-0.2, -0.15) is 0 Å². The Labute approximate surface area is 120 Å². The minimum atomic E-state index is -0.881. The third kappa shape index (κ3) is 7.50. The Kier molecular flexibility index (Phi) is 12.2. The van der Waals surface area contributed by atoms with E-state index >= 15 is 0 Å². The average molecular weight is 295 g/mol. The van der Waals surface area contributed by atoms with Gasteiger partial charge in [-0.3, -0.25) is 0 Å². The van der Waals surface area contributed by atoms with Crippen LogP contribution < -0.4 is 10.6 Å². The number of nitrogens with one attached hydrogen (secondary N) is 2. The minimum Gasteiger partial charge on any atom is -0.478 e. The molecule has 18 heavy (non-hydrogen) atoms. The fraction of sp³-hybridized carbons (Fsp3) is 0.417. The second-order valence-corrected chi connectivity index (χ2v) is 3.64. The summed E-state index contributed by atoms with van der Waals surface area (Å²) in [7, 11) is 1.94. The van der Waals surface area contributed by atoms with Gasteiger partial charge in [0.2, 0.25) is 0 Å². The zero-order valence-electron chi connectivity index (χ0n) is 10.3. The van der Waals surface area contributed by atoms with Gasteiger partial charge in [-0.1, -0.05) is 12.1 Å². The Balaban J connectivity index is 0. The first-order valence-corrected chi connectivity index (χ1v) is 5.41. The van der Waals surface area contributed by atoms with Crippen LogP contribution in [0.1, 0.15) is 22.3 Å². The van der Waals surface area contributed by atoms with Gasteiger partial charge in [-0.25, -0.2) is 4.79 Å². The topological polar surface area (TPSA) is 61.4 Å². The van der Waals surface area contributed by atoms with E-state index < -0.39 is 5.97 Å². The van der Waals surface area contributed by atoms with Crippen molar-refractivity contribution < 1.29 is 9.90 Å². The number of hydrogen-bond donors (Lipinski definition) is 3. The molecule has 3 N–H and O–H groups in total. The average Bonchev–Trinajstić information content (AvgIpc) is 2.29. The lowest BCUT2D eigenvalue weighted by atomic mass is 10.1. The smallest absolute Gasteiger partial charge is 0.335 e. The van der Waals surface area contributed by atoms with Crippen LogP contribution in [0.3, 0.4) is 0 Å². The molecular formula is C12H20Cl2N2O2. The van der Waals surface area contributed by atoms with Crippen molar-refractivity contribution in [1.29, 1.82) is 0 Å². The summed E-state index contributed by atoms with van der Waals surface area (Å²) in [5, 5.41) is 15.1. The second-order valence-electron chi connectivity index (χ2n) is 3.64. The molecule has 0 atom stereocenters. The second kappa shape index (κ2) is 11.3. The van der Waals surface area contributed by atoms with Gasteiger partial charge in [-0.05, 0) is 44.3 Å². The van der Waals surface area contributed by atoms with E-state index in [2.05, 4.69) is 10.6 Å². The zero-order valence-corrected chi connectivity index (χ0v) is 11.9. The maximum absolute atomic E-state index is 10.6. The van der Waals surface area contributed by atoms with Crippen molar-refractivity contribution >= 4 is 30.8 Å². The Morgan fingerprint density at radius 2 is 1.78 bits per heavy atom. The summed E-state index contributed by atoms with van der Waals surface area (Å²) in [6.07, 6.45) is 1.09. The number of carbonyl (C=O) groups is 1. The quantitative estimate of drug-likeness (QED) is 0.673. The van der Waals surface area contributed by atoms with Crippen LogP contribution in [0.2, 0.25) is 0 Å². The minimum absolute atomic E-state index is 0. The van der Waals surface area contributed by atoms with Crippen molar-refractivity contribution in [2.75, 3.05) is 20.1 Å². The molecule has 4 nitrogen and oxygen atoms in total. The molecule has 0 aliphatic rings. The van der Waals surface area contributed by atoms with Crippen molar-refractivity contribution in [1.82, 2.24) is 10.6 Å². The summed E-state index contributed by atoms with van der Waals surface area (Å²) in [6.45, 7) is 2.75. The van der Waals surface area contributed by atoms with Crippen LogP contribution in [0, 0.1) is 0 Å². The van der Waals surface area contributed by atoms with E-state index in [0.717, 1.165) is 31.6 Å². The number of hydrogen-bond acceptors (Lipinski definition) is 3. The lowest BCUT2D eigenvalue weighted by Gasteiger charge is -2.05. The summed E-state index contributed by atoms with van der Waals surface area (Å²) in [4.78, 5) is 10.6. The predicted octanol–water partition coefficient (Wildman–Crippen LogP) is 1.93. The van der Waals surface area contributed by atoms with Gasteiger partial charge >= 0.3 is 5.97 Å². The number of rotatable bonds is 7. The van der Waals surface area contributed by atoms with Crippen molar-refractivity contribution in [2.24, 2.45) is 0 Å². The Morgan fingerprint density at radius 1 is 1.17 bits per heavy atom. The number of carboxylic acids is 1. The van der Waals surface area contributed by atoms with Gasteiger partial charge < -0.3 is 15.7 Å². The molecule has 0 aliphatic heterocycles. The Morgan fingerprint density at radius 3 is 2.28 bits per heavy atom. The third-order valence-corrected chi connectivity index (χ3v) is 2.31. The molecule has 0 saturated heterocycles. The van der Waals surface area contributed by atoms with Crippen LogP contribution in [0.5, 0.6) is 0 Å². The van der Waals surface area contributed by atoms with Crippen LogP contribution in [0.15, 0.2) is 24.3 Å². The fourth-order valence-corrected chi connectivity index (χ4v) is 1.39. The molecule has 0 unspecified atom stereocenters. The lowest BCUT2D eigenvalue weighted by Crippen LogP contribution is -2.19. The number of carboxylic acid groups (broad SMARTS) is 1. The molecule has 0 spiro atoms. The zero-order chi connectivity index (χ0) is 11.8. The van der Waals surface area contributed by atoms with E-state index in [4.69, 9.17) is 5.11 Å². The largest absolute Gasteiger partial charge is 0.478 e. The molecule has 1 aromatic carbocycles. The number of halogens is 2. The van der Waals surface area contributed by atoms with Crippen LogP contribution >= 0.6 is 24.8 Å². The van der Waals surface area contributed by atoms with E-state index in [1.54, 1.807) is 12.1 Å². The van der Waals surface area contributed by atoms with Gasteiger partial charge in [-0.15, -0.1) is 24.8 Å². The SMILES string of the molecule is CNCCCNCc1ccc(C(=O)O)cc1.Cl.Cl. The Hall–Kier alpha value is -0.810. The van der Waals surface area contributed by atoms with E-state index in [0.29, 0.717) is 5.56 Å². The first kappa shape index (κ1) is 19.5. The van der Waals surface area contributed by atoms with Crippen molar-refractivity contribution in [3.05, 3.63) is 35.4 Å². The van der Waals surface area contributed by atoms with Crippen molar-refractivity contribution in [3.63, 3.8) is 0 Å². The van der Waals surface area contributed by atoms with Crippen molar-refractivity contribution in [3.8, 4) is 0 Å². The summed E-state index contributed by atoms with van der Waals surface area (Å²) in [6, 6.07) is 6.95. The van der Waals surface area contributed by atoms with Gasteiger partial charge in [0.15, 0.2) is 0 Å². The predicted molar refractivity (Wildman–Crippen MR) is 78.1 cm³/mol. The van der Waals surface area contributed by atoms with Gasteiger partial charge in [0, 0.05) is 6.54 Å². The van der Waals surface area contributed by atoms with Crippen LogP contribution in [-0.2, 0) is 6.54 Å². The molecular weight excluding hydrogens is 275 g/mol. The van der Waals surface area contributed by atoms with Gasteiger partial charge in [0.25, 0.3) is 0 Å². The summed E-state index contributed by atoms with van der Waals surface area (Å²) in [5.74, 6) is -0.881. The first-order valence-electron chi connectivity index (χ1n) is 5.41. The molecule has 0 heterocycles. The molecule has 0 radical (unpaired) electrons. The molecule has 1 aromatic rings. The Bertz CT molecular complexity index is 331. The molecule has 1 rings (SSSR count). The molecule has 0 aliphatic carbocycles. The fourth-order valence-electron chi connectivity index (χ4n) is 1.39. The summed E-state index contributed by atoms with van der Waals surface area (Å²) in [5.41, 5.74) is 1.44. The van der Waals surface area contributed by atoms with Crippen LogP contribution in [0.25, 0.3) is 0 Å². The third-order valence-electron chi connectivity index (χ3n) is 2.31. The maximum atomic E-state index is 10.6. The first-order chi connectivity index (χ1) is 7.74. The van der Waals surface area contributed by atoms with Crippen molar-refractivity contribution in [2.45, 2.75) is 13.0 Å². The number of aromatic carboxylic acids is 1. The number of benzene rings is 1. The summed E-state index contributed by atoms with van der Waals surface area (Å²) >= 11 is 0. The molecule has 0 fully saturated rings. The van der Waals surface area contributed by atoms with E-state index in [9.17, 15) is 4.79 Å². The highest BCUT2D eigenvalue weighted by Crippen LogP contribution is 2.03. The normalized spacial score (nSPS) is 9.17. The standard InChI is InChI=1S/C12H18N2O2.2ClH/c1-13-7-2-8-14-9-10-3-5-11(6-4-10)12(15)16;;/h3-6,13-14H,2,7-9H2,1H3,(H,15,16);2*1H. The highest BCUT2D eigenvalue weighted by atomic mass is 35.5. The van der Waals surface area contributed by atoms with E-state index in [1.807, 2.05) is 19.2 Å². The van der Waals surface area contributed by atoms with Crippen LogP contribution in [-0.4, -0.2) is 31.2 Å². The monoisotopic (exact) mass is 294 g/mol. The molecule has 0 bridgehead atoms. The molecule has 104 valence electrons. The molecule has 0 amide bonds. The van der Waals surface area contributed by atoms with Gasteiger partial charge in [0.1, 0.15) is 0 Å². The molecule has 0 saturated carbocycles. The van der Waals surface area contributed by atoms with Crippen LogP contribution in [0.4, 0.5) is 0 Å². The van der Waals surface area contributed by atoms with Gasteiger partial charge in [0.05, 0.1) is 5.56 Å². The van der Waals surface area contributed by atoms with E-state index in [-0.39, 0.29) is 24.8 Å². The molecule has 0 aromatic heterocycles.